The first kappa shape index (κ1) is 12.2. The maximum atomic E-state index is 10.6. The lowest BCUT2D eigenvalue weighted by Gasteiger charge is -2.23. The highest BCUT2D eigenvalue weighted by Crippen LogP contribution is 2.20. The van der Waals surface area contributed by atoms with Gasteiger partial charge in [0.1, 0.15) is 0 Å². The molecule has 3 nitrogen and oxygen atoms in total. The molecule has 0 saturated heterocycles. The molecule has 0 aliphatic carbocycles. The lowest BCUT2D eigenvalue weighted by atomic mass is 10.1. The van der Waals surface area contributed by atoms with E-state index in [0.717, 1.165) is 10.0 Å². The highest BCUT2D eigenvalue weighted by Gasteiger charge is 2.13. The summed E-state index contributed by atoms with van der Waals surface area (Å²) in [5, 5.41) is 8.67. The molecule has 0 amide bonds. The van der Waals surface area contributed by atoms with Gasteiger partial charge in [-0.3, -0.25) is 9.69 Å². The van der Waals surface area contributed by atoms with E-state index in [-0.39, 0.29) is 12.6 Å². The van der Waals surface area contributed by atoms with E-state index >= 15 is 0 Å². The molecule has 0 heterocycles. The van der Waals surface area contributed by atoms with E-state index in [2.05, 4.69) is 15.9 Å². The summed E-state index contributed by atoms with van der Waals surface area (Å²) in [6, 6.07) is 8.01. The molecule has 1 N–H and O–H groups in total. The normalized spacial score (nSPS) is 12.8. The van der Waals surface area contributed by atoms with Gasteiger partial charge in [-0.25, -0.2) is 0 Å². The lowest BCUT2D eigenvalue weighted by Crippen LogP contribution is -2.28. The average molecular weight is 272 g/mol. The number of rotatable bonds is 4. The third kappa shape index (κ3) is 3.64. The molecule has 0 aliphatic rings. The van der Waals surface area contributed by atoms with E-state index in [1.165, 1.54) is 0 Å². The second kappa shape index (κ2) is 5.28. The maximum absolute atomic E-state index is 10.6. The van der Waals surface area contributed by atoms with Crippen LogP contribution in [0.15, 0.2) is 28.7 Å². The minimum atomic E-state index is -0.804. The Morgan fingerprint density at radius 2 is 2.00 bits per heavy atom. The maximum Gasteiger partial charge on any atom is 0.317 e. The van der Waals surface area contributed by atoms with Gasteiger partial charge in [-0.2, -0.15) is 0 Å². The van der Waals surface area contributed by atoms with Crippen molar-refractivity contribution in [2.45, 2.75) is 13.0 Å². The van der Waals surface area contributed by atoms with Crippen LogP contribution in [-0.4, -0.2) is 29.6 Å². The van der Waals surface area contributed by atoms with Crippen LogP contribution in [0.1, 0.15) is 18.5 Å². The van der Waals surface area contributed by atoms with Crippen molar-refractivity contribution in [2.75, 3.05) is 13.6 Å². The molecule has 15 heavy (non-hydrogen) atoms. The van der Waals surface area contributed by atoms with E-state index in [4.69, 9.17) is 5.11 Å². The fourth-order valence-electron chi connectivity index (χ4n) is 1.35. The van der Waals surface area contributed by atoms with Crippen molar-refractivity contribution in [3.8, 4) is 0 Å². The molecule has 0 saturated carbocycles. The zero-order valence-electron chi connectivity index (χ0n) is 8.77. The summed E-state index contributed by atoms with van der Waals surface area (Å²) in [4.78, 5) is 12.3. The third-order valence-electron chi connectivity index (χ3n) is 2.40. The molecular weight excluding hydrogens is 258 g/mol. The van der Waals surface area contributed by atoms with Crippen LogP contribution >= 0.6 is 15.9 Å². The Labute approximate surface area is 97.8 Å². The largest absolute Gasteiger partial charge is 0.480 e. The van der Waals surface area contributed by atoms with Crippen molar-refractivity contribution in [1.82, 2.24) is 4.90 Å². The van der Waals surface area contributed by atoms with Crippen molar-refractivity contribution in [2.24, 2.45) is 0 Å². The number of benzene rings is 1. The van der Waals surface area contributed by atoms with Gasteiger partial charge in [-0.05, 0) is 31.7 Å². The Hall–Kier alpha value is -0.870. The van der Waals surface area contributed by atoms with E-state index in [1.54, 1.807) is 11.9 Å². The Bertz CT molecular complexity index is 337. The number of halogens is 1. The molecule has 1 unspecified atom stereocenters. The topological polar surface area (TPSA) is 40.5 Å². The summed E-state index contributed by atoms with van der Waals surface area (Å²) in [7, 11) is 1.81. The minimum absolute atomic E-state index is 0.0528. The molecule has 0 bridgehead atoms. The van der Waals surface area contributed by atoms with Gasteiger partial charge in [0.15, 0.2) is 0 Å². The average Bonchev–Trinajstić information content (AvgIpc) is 2.17. The highest BCUT2D eigenvalue weighted by molar-refractivity contribution is 9.10. The zero-order chi connectivity index (χ0) is 11.4. The van der Waals surface area contributed by atoms with E-state index < -0.39 is 5.97 Å². The molecule has 0 radical (unpaired) electrons. The van der Waals surface area contributed by atoms with Crippen molar-refractivity contribution >= 4 is 21.9 Å². The van der Waals surface area contributed by atoms with Gasteiger partial charge in [0.2, 0.25) is 0 Å². The first-order valence-corrected chi connectivity index (χ1v) is 5.47. The molecule has 0 aliphatic heterocycles. The van der Waals surface area contributed by atoms with Gasteiger partial charge >= 0.3 is 5.97 Å². The monoisotopic (exact) mass is 271 g/mol. The number of nitrogens with zero attached hydrogens (tertiary/aromatic N) is 1. The quantitative estimate of drug-likeness (QED) is 0.915. The number of hydrogen-bond acceptors (Lipinski definition) is 2. The van der Waals surface area contributed by atoms with Crippen LogP contribution < -0.4 is 0 Å². The molecule has 82 valence electrons. The van der Waals surface area contributed by atoms with Crippen molar-refractivity contribution < 1.29 is 9.90 Å². The Kier molecular flexibility index (Phi) is 4.29. The molecular formula is C11H14BrNO2. The van der Waals surface area contributed by atoms with Crippen LogP contribution in [0.4, 0.5) is 0 Å². The summed E-state index contributed by atoms with van der Waals surface area (Å²) >= 11 is 3.36. The van der Waals surface area contributed by atoms with Gasteiger partial charge in [-0.15, -0.1) is 0 Å². The molecule has 1 rings (SSSR count). The number of carboxylic acid groups (broad SMARTS) is 1. The van der Waals surface area contributed by atoms with Crippen molar-refractivity contribution in [3.63, 3.8) is 0 Å². The van der Waals surface area contributed by atoms with Crippen LogP contribution in [-0.2, 0) is 4.79 Å². The lowest BCUT2D eigenvalue weighted by molar-refractivity contribution is -0.138. The SMILES string of the molecule is CC(c1ccc(Br)cc1)N(C)CC(=O)O. The van der Waals surface area contributed by atoms with Crippen LogP contribution in [0.2, 0.25) is 0 Å². The van der Waals surface area contributed by atoms with Gasteiger partial charge in [-0.1, -0.05) is 28.1 Å². The first-order valence-electron chi connectivity index (χ1n) is 4.68. The van der Waals surface area contributed by atoms with E-state index in [0.29, 0.717) is 0 Å². The summed E-state index contributed by atoms with van der Waals surface area (Å²) in [6.07, 6.45) is 0. The first-order chi connectivity index (χ1) is 7.00. The zero-order valence-corrected chi connectivity index (χ0v) is 10.4. The van der Waals surface area contributed by atoms with Crippen LogP contribution in [0.25, 0.3) is 0 Å². The molecule has 4 heteroatoms. The second-order valence-electron chi connectivity index (χ2n) is 3.54. The fourth-order valence-corrected chi connectivity index (χ4v) is 1.61. The molecule has 1 atom stereocenters. The minimum Gasteiger partial charge on any atom is -0.480 e. The highest BCUT2D eigenvalue weighted by atomic mass is 79.9. The molecule has 0 fully saturated rings. The van der Waals surface area contributed by atoms with Crippen LogP contribution in [0.5, 0.6) is 0 Å². The van der Waals surface area contributed by atoms with Gasteiger partial charge < -0.3 is 5.11 Å². The molecule has 1 aromatic carbocycles. The van der Waals surface area contributed by atoms with Crippen LogP contribution in [0.3, 0.4) is 0 Å². The van der Waals surface area contributed by atoms with Crippen molar-refractivity contribution in [3.05, 3.63) is 34.3 Å². The standard InChI is InChI=1S/C11H14BrNO2/c1-8(13(2)7-11(14)15)9-3-5-10(12)6-4-9/h3-6,8H,7H2,1-2H3,(H,14,15). The van der Waals surface area contributed by atoms with Gasteiger partial charge in [0.05, 0.1) is 6.54 Å². The Morgan fingerprint density at radius 1 is 1.47 bits per heavy atom. The fraction of sp³-hybridized carbons (Fsp3) is 0.364. The van der Waals surface area contributed by atoms with Gasteiger partial charge in [0, 0.05) is 10.5 Å². The summed E-state index contributed by atoms with van der Waals surface area (Å²) in [5.41, 5.74) is 1.11. The molecule has 1 aromatic rings. The third-order valence-corrected chi connectivity index (χ3v) is 2.93. The molecule has 0 aromatic heterocycles. The summed E-state index contributed by atoms with van der Waals surface area (Å²) < 4.78 is 1.03. The number of likely N-dealkylation sites (N-methyl/N-ethyl adjacent to an activating group) is 1. The predicted molar refractivity (Wildman–Crippen MR) is 62.8 cm³/mol. The van der Waals surface area contributed by atoms with Crippen LogP contribution in [0, 0.1) is 0 Å². The summed E-state index contributed by atoms with van der Waals surface area (Å²) in [5.74, 6) is -0.804. The van der Waals surface area contributed by atoms with Crippen molar-refractivity contribution in [1.29, 1.82) is 0 Å². The number of carbonyl (C=O) groups is 1. The summed E-state index contributed by atoms with van der Waals surface area (Å²) in [6.45, 7) is 2.05. The van der Waals surface area contributed by atoms with E-state index in [1.807, 2.05) is 31.2 Å². The number of aliphatic carboxylic acids is 1. The second-order valence-corrected chi connectivity index (χ2v) is 4.45. The smallest absolute Gasteiger partial charge is 0.317 e. The Morgan fingerprint density at radius 3 is 2.47 bits per heavy atom. The Balaban J connectivity index is 2.71. The van der Waals surface area contributed by atoms with Gasteiger partial charge in [0.25, 0.3) is 0 Å². The number of carboxylic acids is 1. The molecule has 0 spiro atoms. The number of hydrogen-bond donors (Lipinski definition) is 1. The van der Waals surface area contributed by atoms with E-state index in [9.17, 15) is 4.79 Å². The predicted octanol–water partition coefficient (Wildman–Crippen LogP) is 2.53.